The molecule has 1 aromatic carbocycles. The Morgan fingerprint density at radius 1 is 1.00 bits per heavy atom. The van der Waals surface area contributed by atoms with Crippen LogP contribution in [0.25, 0.3) is 22.0 Å². The maximum absolute atomic E-state index is 5.30. The van der Waals surface area contributed by atoms with Crippen LogP contribution in [0.3, 0.4) is 0 Å². The predicted molar refractivity (Wildman–Crippen MR) is 49.3 cm³/mol. The minimum Gasteiger partial charge on any atom is -0.461 e. The van der Waals surface area contributed by atoms with Crippen LogP contribution in [0.2, 0.25) is 0 Å². The highest BCUT2D eigenvalue weighted by Crippen LogP contribution is 2.19. The average molecular weight is 170 g/mol. The Labute approximate surface area is 74.0 Å². The summed E-state index contributed by atoms with van der Waals surface area (Å²) in [6.07, 6.45) is 4.99. The first-order valence-electron chi connectivity index (χ1n) is 4.01. The molecule has 0 saturated carbocycles. The highest BCUT2D eigenvalue weighted by atomic mass is 16.3. The van der Waals surface area contributed by atoms with E-state index < -0.39 is 0 Å². The molecule has 0 aliphatic heterocycles. The molecule has 0 saturated heterocycles. The van der Waals surface area contributed by atoms with Crippen LogP contribution in [0.15, 0.2) is 41.3 Å². The van der Waals surface area contributed by atoms with E-state index in [9.17, 15) is 0 Å². The number of benzene rings is 1. The molecule has 3 nitrogen and oxygen atoms in total. The van der Waals surface area contributed by atoms with Crippen molar-refractivity contribution in [3.8, 4) is 0 Å². The minimum atomic E-state index is 0.794. The molecule has 62 valence electrons. The molecular weight excluding hydrogens is 164 g/mol. The van der Waals surface area contributed by atoms with Gasteiger partial charge in [0.15, 0.2) is 5.58 Å². The first-order chi connectivity index (χ1) is 6.43. The summed E-state index contributed by atoms with van der Waals surface area (Å²) < 4.78 is 5.30. The Morgan fingerprint density at radius 2 is 1.92 bits per heavy atom. The van der Waals surface area contributed by atoms with Crippen molar-refractivity contribution in [2.24, 2.45) is 0 Å². The molecule has 0 radical (unpaired) electrons. The van der Waals surface area contributed by atoms with Gasteiger partial charge >= 0.3 is 0 Å². The smallest absolute Gasteiger partial charge is 0.152 e. The summed E-state index contributed by atoms with van der Waals surface area (Å²) in [6.45, 7) is 0. The van der Waals surface area contributed by atoms with Gasteiger partial charge < -0.3 is 4.42 Å². The van der Waals surface area contributed by atoms with Gasteiger partial charge in [-0.25, -0.2) is 4.98 Å². The van der Waals surface area contributed by atoms with E-state index in [4.69, 9.17) is 4.42 Å². The van der Waals surface area contributed by atoms with Crippen LogP contribution < -0.4 is 0 Å². The van der Waals surface area contributed by atoms with Crippen LogP contribution in [-0.2, 0) is 0 Å². The van der Waals surface area contributed by atoms with E-state index in [0.29, 0.717) is 0 Å². The van der Waals surface area contributed by atoms with Crippen LogP contribution in [-0.4, -0.2) is 9.97 Å². The number of fused-ring (bicyclic) bond motifs is 2. The molecule has 0 unspecified atom stereocenters. The maximum Gasteiger partial charge on any atom is 0.152 e. The minimum absolute atomic E-state index is 0.794. The molecule has 2 aromatic heterocycles. The number of rotatable bonds is 0. The summed E-state index contributed by atoms with van der Waals surface area (Å²) in [7, 11) is 0. The van der Waals surface area contributed by atoms with Gasteiger partial charge in [-0.05, 0) is 18.2 Å². The van der Waals surface area contributed by atoms with Gasteiger partial charge in [-0.2, -0.15) is 0 Å². The van der Waals surface area contributed by atoms with Crippen molar-refractivity contribution < 1.29 is 4.42 Å². The summed E-state index contributed by atoms with van der Waals surface area (Å²) in [4.78, 5) is 8.36. The quantitative estimate of drug-likeness (QED) is 0.520. The van der Waals surface area contributed by atoms with Crippen LogP contribution in [0.5, 0.6) is 0 Å². The summed E-state index contributed by atoms with van der Waals surface area (Å²) in [6, 6.07) is 5.83. The summed E-state index contributed by atoms with van der Waals surface area (Å²) >= 11 is 0. The van der Waals surface area contributed by atoms with Gasteiger partial charge in [-0.3, -0.25) is 4.98 Å². The highest BCUT2D eigenvalue weighted by molar-refractivity contribution is 5.91. The van der Waals surface area contributed by atoms with Crippen molar-refractivity contribution in [3.63, 3.8) is 0 Å². The molecule has 0 N–H and O–H groups in total. The molecule has 13 heavy (non-hydrogen) atoms. The normalized spacial score (nSPS) is 11.1. The number of hydrogen-bond acceptors (Lipinski definition) is 3. The fourth-order valence-electron chi connectivity index (χ4n) is 1.43. The zero-order valence-electron chi connectivity index (χ0n) is 6.77. The van der Waals surface area contributed by atoms with E-state index in [0.717, 1.165) is 22.0 Å². The number of nitrogens with zero attached hydrogens (tertiary/aromatic N) is 2. The third-order valence-electron chi connectivity index (χ3n) is 2.05. The van der Waals surface area contributed by atoms with E-state index in [1.54, 1.807) is 18.7 Å². The first kappa shape index (κ1) is 6.60. The van der Waals surface area contributed by atoms with Crippen LogP contribution in [0.1, 0.15) is 0 Å². The van der Waals surface area contributed by atoms with Gasteiger partial charge in [0.25, 0.3) is 0 Å². The van der Waals surface area contributed by atoms with E-state index >= 15 is 0 Å². The Balaban J connectivity index is 2.57. The fraction of sp³-hybridized carbons (Fsp3) is 0. The molecule has 0 amide bonds. The number of aromatic nitrogens is 2. The second-order valence-electron chi connectivity index (χ2n) is 2.86. The monoisotopic (exact) mass is 170 g/mol. The van der Waals surface area contributed by atoms with Gasteiger partial charge in [0.05, 0.1) is 11.7 Å². The molecule has 0 bridgehead atoms. The molecule has 3 heteroatoms. The lowest BCUT2D eigenvalue weighted by atomic mass is 10.2. The zero-order chi connectivity index (χ0) is 8.67. The molecule has 0 aliphatic rings. The Morgan fingerprint density at radius 3 is 2.92 bits per heavy atom. The van der Waals surface area contributed by atoms with Crippen molar-refractivity contribution in [2.75, 3.05) is 0 Å². The summed E-state index contributed by atoms with van der Waals surface area (Å²) in [5.41, 5.74) is 2.60. The lowest BCUT2D eigenvalue weighted by molar-refractivity contribution is 0.598. The van der Waals surface area contributed by atoms with E-state index in [1.807, 2.05) is 18.2 Å². The molecule has 0 aliphatic carbocycles. The van der Waals surface area contributed by atoms with Gasteiger partial charge in [0.1, 0.15) is 11.8 Å². The lowest BCUT2D eigenvalue weighted by Gasteiger charge is -1.94. The first-order valence-corrected chi connectivity index (χ1v) is 4.01. The zero-order valence-corrected chi connectivity index (χ0v) is 6.77. The average Bonchev–Trinajstić information content (AvgIpc) is 2.61. The van der Waals surface area contributed by atoms with Gasteiger partial charge in [-0.1, -0.05) is 0 Å². The third-order valence-corrected chi connectivity index (χ3v) is 2.05. The van der Waals surface area contributed by atoms with Crippen molar-refractivity contribution in [1.82, 2.24) is 9.97 Å². The van der Waals surface area contributed by atoms with Crippen LogP contribution in [0.4, 0.5) is 0 Å². The Bertz CT molecular complexity index is 521. The summed E-state index contributed by atoms with van der Waals surface area (Å²) in [5, 5.41) is 1.09. The topological polar surface area (TPSA) is 38.9 Å². The maximum atomic E-state index is 5.30. The lowest BCUT2D eigenvalue weighted by Crippen LogP contribution is -1.76. The van der Waals surface area contributed by atoms with Crippen molar-refractivity contribution in [3.05, 3.63) is 36.9 Å². The largest absolute Gasteiger partial charge is 0.461 e. The predicted octanol–water partition coefficient (Wildman–Crippen LogP) is 2.38. The van der Waals surface area contributed by atoms with Gasteiger partial charge in [0.2, 0.25) is 0 Å². The van der Waals surface area contributed by atoms with Crippen LogP contribution in [0, 0.1) is 0 Å². The van der Waals surface area contributed by atoms with Crippen molar-refractivity contribution >= 4 is 22.0 Å². The third kappa shape index (κ3) is 0.902. The molecule has 3 rings (SSSR count). The molecular formula is C10H6N2O. The van der Waals surface area contributed by atoms with Crippen molar-refractivity contribution in [1.29, 1.82) is 0 Å². The Hall–Kier alpha value is -1.90. The van der Waals surface area contributed by atoms with Gasteiger partial charge in [0, 0.05) is 11.6 Å². The molecule has 0 atom stereocenters. The number of hydrogen-bond donors (Lipinski definition) is 0. The van der Waals surface area contributed by atoms with Crippen molar-refractivity contribution in [2.45, 2.75) is 0 Å². The van der Waals surface area contributed by atoms with E-state index in [2.05, 4.69) is 9.97 Å². The fourth-order valence-corrected chi connectivity index (χ4v) is 1.43. The molecule has 0 fully saturated rings. The Kier molecular flexibility index (Phi) is 1.16. The molecule has 3 aromatic rings. The second kappa shape index (κ2) is 2.29. The van der Waals surface area contributed by atoms with Crippen LogP contribution >= 0.6 is 0 Å². The van der Waals surface area contributed by atoms with E-state index in [1.165, 1.54) is 0 Å². The van der Waals surface area contributed by atoms with E-state index in [-0.39, 0.29) is 0 Å². The molecule has 2 heterocycles. The summed E-state index contributed by atoms with van der Waals surface area (Å²) in [5.74, 6) is 0. The highest BCUT2D eigenvalue weighted by Gasteiger charge is 2.00. The molecule has 0 spiro atoms. The SMILES string of the molecule is c1cc2cc3occnc3cc2n1. The van der Waals surface area contributed by atoms with Gasteiger partial charge in [-0.15, -0.1) is 0 Å². The standard InChI is InChI=1S/C10H6N2O/c1-2-11-8-6-9-10(5-7(1)8)13-4-3-12-9/h1-6H. The second-order valence-corrected chi connectivity index (χ2v) is 2.86.